The summed E-state index contributed by atoms with van der Waals surface area (Å²) in [6.07, 6.45) is 1.59. The molecule has 6 nitrogen and oxygen atoms in total. The van der Waals surface area contributed by atoms with Gasteiger partial charge in [-0.15, -0.1) is 0 Å². The van der Waals surface area contributed by atoms with Gasteiger partial charge in [0.05, 0.1) is 25.0 Å². The third kappa shape index (κ3) is 4.59. The van der Waals surface area contributed by atoms with Crippen LogP contribution in [-0.4, -0.2) is 52.6 Å². The fourth-order valence-electron chi connectivity index (χ4n) is 1.47. The number of aliphatic hydroxyl groups is 1. The van der Waals surface area contributed by atoms with E-state index >= 15 is 0 Å². The number of anilines is 1. The Morgan fingerprint density at radius 1 is 1.58 bits per heavy atom. The zero-order valence-corrected chi connectivity index (χ0v) is 13.1. The van der Waals surface area contributed by atoms with E-state index < -0.39 is 0 Å². The quantitative estimate of drug-likeness (QED) is 0.771. The highest BCUT2D eigenvalue weighted by Gasteiger charge is 2.09. The largest absolute Gasteiger partial charge is 0.394 e. The molecule has 0 atom stereocenters. The summed E-state index contributed by atoms with van der Waals surface area (Å²) in [4.78, 5) is 14.1. The molecule has 1 heterocycles. The van der Waals surface area contributed by atoms with Crippen LogP contribution in [0.2, 0.25) is 0 Å². The van der Waals surface area contributed by atoms with Crippen molar-refractivity contribution in [3.8, 4) is 0 Å². The Hall–Kier alpha value is -0.920. The molecule has 2 N–H and O–H groups in total. The van der Waals surface area contributed by atoms with Crippen LogP contribution in [0.25, 0.3) is 0 Å². The van der Waals surface area contributed by atoms with Crippen molar-refractivity contribution >= 4 is 21.6 Å². The number of aliphatic hydroxyl groups excluding tert-OH is 1. The maximum Gasteiger partial charge on any atom is 0.283 e. The molecule has 0 spiro atoms. The molecular formula is C12H21BrN4O2. The van der Waals surface area contributed by atoms with Gasteiger partial charge in [-0.1, -0.05) is 0 Å². The van der Waals surface area contributed by atoms with Gasteiger partial charge in [0.15, 0.2) is 0 Å². The second kappa shape index (κ2) is 7.62. The topological polar surface area (TPSA) is 70.4 Å². The van der Waals surface area contributed by atoms with E-state index in [0.29, 0.717) is 16.2 Å². The van der Waals surface area contributed by atoms with Crippen LogP contribution in [0.3, 0.4) is 0 Å². The summed E-state index contributed by atoms with van der Waals surface area (Å²) in [6.45, 7) is 5.97. The molecule has 0 aliphatic rings. The predicted octanol–water partition coefficient (Wildman–Crippen LogP) is 0.750. The van der Waals surface area contributed by atoms with Gasteiger partial charge < -0.3 is 15.3 Å². The van der Waals surface area contributed by atoms with Gasteiger partial charge >= 0.3 is 0 Å². The second-order valence-electron chi connectivity index (χ2n) is 4.63. The van der Waals surface area contributed by atoms with Crippen molar-refractivity contribution in [1.29, 1.82) is 0 Å². The van der Waals surface area contributed by atoms with E-state index in [2.05, 4.69) is 52.1 Å². The highest BCUT2D eigenvalue weighted by molar-refractivity contribution is 9.10. The first-order valence-electron chi connectivity index (χ1n) is 6.28. The molecule has 0 fully saturated rings. The minimum Gasteiger partial charge on any atom is -0.394 e. The lowest BCUT2D eigenvalue weighted by Crippen LogP contribution is -2.32. The molecule has 7 heteroatoms. The first kappa shape index (κ1) is 16.1. The lowest BCUT2D eigenvalue weighted by atomic mass is 10.3. The number of rotatable bonds is 7. The van der Waals surface area contributed by atoms with Gasteiger partial charge in [0.2, 0.25) is 0 Å². The van der Waals surface area contributed by atoms with Crippen LogP contribution in [0.15, 0.2) is 15.5 Å². The monoisotopic (exact) mass is 332 g/mol. The summed E-state index contributed by atoms with van der Waals surface area (Å²) in [5.41, 5.74) is 0.438. The second-order valence-corrected chi connectivity index (χ2v) is 5.42. The Morgan fingerprint density at radius 3 is 2.84 bits per heavy atom. The average molecular weight is 333 g/mol. The van der Waals surface area contributed by atoms with E-state index in [0.717, 1.165) is 13.1 Å². The van der Waals surface area contributed by atoms with Crippen molar-refractivity contribution in [2.75, 3.05) is 32.1 Å². The Bertz CT molecular complexity index is 462. The minimum absolute atomic E-state index is 0.106. The van der Waals surface area contributed by atoms with Gasteiger partial charge in [0, 0.05) is 19.1 Å². The number of hydrogen-bond acceptors (Lipinski definition) is 5. The number of nitrogens with one attached hydrogen (secondary N) is 1. The first-order valence-corrected chi connectivity index (χ1v) is 7.07. The highest BCUT2D eigenvalue weighted by Crippen LogP contribution is 2.15. The van der Waals surface area contributed by atoms with Crippen LogP contribution < -0.4 is 10.9 Å². The maximum absolute atomic E-state index is 11.9. The van der Waals surface area contributed by atoms with Gasteiger partial charge in [-0.3, -0.25) is 4.79 Å². The molecule has 1 aromatic heterocycles. The normalized spacial score (nSPS) is 11.3. The molecule has 0 unspecified atom stereocenters. The molecule has 0 bridgehead atoms. The number of nitrogens with zero attached hydrogens (tertiary/aromatic N) is 3. The van der Waals surface area contributed by atoms with E-state index in [4.69, 9.17) is 5.11 Å². The van der Waals surface area contributed by atoms with Crippen LogP contribution in [0.1, 0.15) is 13.8 Å². The molecule has 0 amide bonds. The van der Waals surface area contributed by atoms with Gasteiger partial charge in [-0.2, -0.15) is 5.10 Å². The lowest BCUT2D eigenvalue weighted by molar-refractivity contribution is 0.266. The summed E-state index contributed by atoms with van der Waals surface area (Å²) in [7, 11) is 2.05. The predicted molar refractivity (Wildman–Crippen MR) is 79.5 cm³/mol. The van der Waals surface area contributed by atoms with Gasteiger partial charge in [-0.05, 0) is 36.8 Å². The van der Waals surface area contributed by atoms with E-state index in [9.17, 15) is 4.79 Å². The Balaban J connectivity index is 2.65. The molecule has 1 rings (SSSR count). The summed E-state index contributed by atoms with van der Waals surface area (Å²) in [5.74, 6) is 0. The molecule has 19 heavy (non-hydrogen) atoms. The third-order valence-electron chi connectivity index (χ3n) is 2.96. The van der Waals surface area contributed by atoms with Crippen molar-refractivity contribution in [2.45, 2.75) is 26.4 Å². The zero-order valence-electron chi connectivity index (χ0n) is 11.6. The minimum atomic E-state index is -0.240. The van der Waals surface area contributed by atoms with Gasteiger partial charge in [-0.25, -0.2) is 4.68 Å². The third-order valence-corrected chi connectivity index (χ3v) is 3.72. The van der Waals surface area contributed by atoms with Crippen LogP contribution in [-0.2, 0) is 6.54 Å². The van der Waals surface area contributed by atoms with Crippen LogP contribution in [0.5, 0.6) is 0 Å². The van der Waals surface area contributed by atoms with E-state index in [1.54, 1.807) is 6.20 Å². The Kier molecular flexibility index (Phi) is 6.47. The Morgan fingerprint density at radius 2 is 2.26 bits per heavy atom. The molecule has 1 aromatic rings. The molecule has 0 aliphatic carbocycles. The van der Waals surface area contributed by atoms with Crippen molar-refractivity contribution in [1.82, 2.24) is 14.7 Å². The average Bonchev–Trinajstić information content (AvgIpc) is 2.37. The van der Waals surface area contributed by atoms with Crippen molar-refractivity contribution in [3.63, 3.8) is 0 Å². The molecule has 0 aliphatic heterocycles. The highest BCUT2D eigenvalue weighted by atomic mass is 79.9. The van der Waals surface area contributed by atoms with E-state index in [-0.39, 0.29) is 18.7 Å². The van der Waals surface area contributed by atoms with Crippen LogP contribution in [0, 0.1) is 0 Å². The van der Waals surface area contributed by atoms with Gasteiger partial charge in [0.1, 0.15) is 4.47 Å². The number of halogens is 1. The number of hydrogen-bond donors (Lipinski definition) is 2. The Labute approximate surface area is 121 Å². The molecule has 108 valence electrons. The lowest BCUT2D eigenvalue weighted by Gasteiger charge is -2.21. The molecule has 0 saturated carbocycles. The van der Waals surface area contributed by atoms with Crippen molar-refractivity contribution in [2.24, 2.45) is 0 Å². The fraction of sp³-hybridized carbons (Fsp3) is 0.667. The fourth-order valence-corrected chi connectivity index (χ4v) is 1.91. The molecular weight excluding hydrogens is 312 g/mol. The zero-order chi connectivity index (χ0) is 14.4. The number of likely N-dealkylation sites (N-methyl/N-ethyl adjacent to an activating group) is 1. The van der Waals surface area contributed by atoms with Crippen molar-refractivity contribution in [3.05, 3.63) is 21.0 Å². The summed E-state index contributed by atoms with van der Waals surface area (Å²) in [6, 6.07) is 0.487. The summed E-state index contributed by atoms with van der Waals surface area (Å²) in [5, 5.41) is 16.0. The van der Waals surface area contributed by atoms with Crippen LogP contribution >= 0.6 is 15.9 Å². The van der Waals surface area contributed by atoms with E-state index in [1.807, 2.05) is 0 Å². The van der Waals surface area contributed by atoms with Gasteiger partial charge in [0.25, 0.3) is 5.56 Å². The first-order chi connectivity index (χ1) is 8.97. The van der Waals surface area contributed by atoms with Crippen LogP contribution in [0.4, 0.5) is 5.69 Å². The molecule has 0 radical (unpaired) electrons. The standard InChI is InChI=1S/C12H21BrN4O2/c1-9(2)16(3)5-4-14-10-8-15-17(6-7-18)12(19)11(10)13/h8-9,14,18H,4-7H2,1-3H3. The smallest absolute Gasteiger partial charge is 0.283 e. The maximum atomic E-state index is 11.9. The molecule has 0 saturated heterocycles. The SMILES string of the molecule is CC(C)N(C)CCNc1cnn(CCO)c(=O)c1Br. The molecule has 0 aromatic carbocycles. The summed E-state index contributed by atoms with van der Waals surface area (Å²) >= 11 is 3.27. The van der Waals surface area contributed by atoms with E-state index in [1.165, 1.54) is 4.68 Å². The van der Waals surface area contributed by atoms with Crippen molar-refractivity contribution < 1.29 is 5.11 Å². The summed E-state index contributed by atoms with van der Waals surface area (Å²) < 4.78 is 1.68. The number of aromatic nitrogens is 2.